The van der Waals surface area contributed by atoms with Crippen LogP contribution in [0.3, 0.4) is 0 Å². The second kappa shape index (κ2) is 9.60. The van der Waals surface area contributed by atoms with Crippen molar-refractivity contribution in [2.75, 3.05) is 36.5 Å². The summed E-state index contributed by atoms with van der Waals surface area (Å²) < 4.78 is 44.0. The van der Waals surface area contributed by atoms with Gasteiger partial charge in [0.2, 0.25) is 5.91 Å². The minimum Gasteiger partial charge on any atom is -0.495 e. The van der Waals surface area contributed by atoms with Crippen LogP contribution in [0.25, 0.3) is 0 Å². The smallest absolute Gasteiger partial charge is 0.264 e. The van der Waals surface area contributed by atoms with Crippen LogP contribution in [0.1, 0.15) is 0 Å². The number of nitrogens with zero attached hydrogens (tertiary/aromatic N) is 1. The van der Waals surface area contributed by atoms with Crippen molar-refractivity contribution in [1.29, 1.82) is 0 Å². The van der Waals surface area contributed by atoms with E-state index in [2.05, 4.69) is 5.32 Å². The lowest BCUT2D eigenvalue weighted by Gasteiger charge is -2.25. The van der Waals surface area contributed by atoms with Gasteiger partial charge in [-0.25, -0.2) is 8.42 Å². The summed E-state index contributed by atoms with van der Waals surface area (Å²) in [4.78, 5) is 12.9. The maximum Gasteiger partial charge on any atom is 0.264 e. The van der Waals surface area contributed by atoms with Gasteiger partial charge >= 0.3 is 0 Å². The van der Waals surface area contributed by atoms with Crippen molar-refractivity contribution in [3.8, 4) is 17.2 Å². The Morgan fingerprint density at radius 1 is 1.03 bits per heavy atom. The van der Waals surface area contributed by atoms with Gasteiger partial charge in [0.25, 0.3) is 10.0 Å². The number of ether oxygens (including phenoxy) is 3. The molecule has 3 aromatic carbocycles. The molecule has 1 aliphatic heterocycles. The number of sulfonamides is 1. The number of fused-ring (bicyclic) bond motifs is 1. The number of anilines is 2. The van der Waals surface area contributed by atoms with E-state index in [1.165, 1.54) is 31.4 Å². The SMILES string of the molecule is COc1ccc(N(CC(=O)Nc2ccc3c(c2)OCCO3)S(=O)(=O)c2ccccc2)cc1Cl. The molecule has 3 aromatic rings. The number of carbonyl (C=O) groups is 1. The van der Waals surface area contributed by atoms with E-state index in [0.29, 0.717) is 36.1 Å². The molecule has 0 saturated carbocycles. The monoisotopic (exact) mass is 488 g/mol. The molecule has 4 rings (SSSR count). The molecular formula is C23H21ClN2O6S. The molecule has 10 heteroatoms. The molecule has 1 aliphatic rings. The van der Waals surface area contributed by atoms with Crippen LogP contribution in [0.15, 0.2) is 71.6 Å². The summed E-state index contributed by atoms with van der Waals surface area (Å²) in [5.41, 5.74) is 0.677. The zero-order chi connectivity index (χ0) is 23.4. The largest absolute Gasteiger partial charge is 0.495 e. The Hall–Kier alpha value is -3.43. The lowest BCUT2D eigenvalue weighted by Crippen LogP contribution is -2.38. The molecule has 1 N–H and O–H groups in total. The highest BCUT2D eigenvalue weighted by atomic mass is 35.5. The first-order valence-corrected chi connectivity index (χ1v) is 11.8. The van der Waals surface area contributed by atoms with Gasteiger partial charge < -0.3 is 19.5 Å². The van der Waals surface area contributed by atoms with Crippen molar-refractivity contribution in [2.24, 2.45) is 0 Å². The number of methoxy groups -OCH3 is 1. The number of nitrogens with one attached hydrogen (secondary N) is 1. The molecule has 0 atom stereocenters. The molecule has 0 bridgehead atoms. The molecule has 0 unspecified atom stereocenters. The zero-order valence-electron chi connectivity index (χ0n) is 17.7. The van der Waals surface area contributed by atoms with Crippen LogP contribution in [0, 0.1) is 0 Å². The standard InChI is InChI=1S/C23H21ClN2O6S/c1-30-20-10-8-17(14-19(20)24)26(33(28,29)18-5-3-2-4-6-18)15-23(27)25-16-7-9-21-22(13-16)32-12-11-31-21/h2-10,13-14H,11-12,15H2,1H3,(H,25,27). The van der Waals surface area contributed by atoms with E-state index < -0.39 is 22.5 Å². The van der Waals surface area contributed by atoms with E-state index in [1.54, 1.807) is 42.5 Å². The van der Waals surface area contributed by atoms with Crippen molar-refractivity contribution >= 4 is 38.9 Å². The molecule has 0 fully saturated rings. The van der Waals surface area contributed by atoms with Gasteiger partial charge in [-0.1, -0.05) is 29.8 Å². The third-order valence-electron chi connectivity index (χ3n) is 4.87. The van der Waals surface area contributed by atoms with E-state index in [1.807, 2.05) is 0 Å². The van der Waals surface area contributed by atoms with Crippen LogP contribution in [0.5, 0.6) is 17.2 Å². The summed E-state index contributed by atoms with van der Waals surface area (Å²) in [6.45, 7) is 0.384. The van der Waals surface area contributed by atoms with Crippen LogP contribution >= 0.6 is 11.6 Å². The van der Waals surface area contributed by atoms with Crippen molar-refractivity contribution in [1.82, 2.24) is 0 Å². The number of benzene rings is 3. The van der Waals surface area contributed by atoms with Crippen molar-refractivity contribution in [3.63, 3.8) is 0 Å². The highest BCUT2D eigenvalue weighted by Crippen LogP contribution is 2.34. The van der Waals surface area contributed by atoms with Crippen molar-refractivity contribution in [3.05, 3.63) is 71.8 Å². The Balaban J connectivity index is 1.63. The average Bonchev–Trinajstić information content (AvgIpc) is 2.83. The van der Waals surface area contributed by atoms with Crippen molar-refractivity contribution < 1.29 is 27.4 Å². The summed E-state index contributed by atoms with van der Waals surface area (Å²) in [6, 6.07) is 17.4. The maximum absolute atomic E-state index is 13.4. The number of halogens is 1. The highest BCUT2D eigenvalue weighted by molar-refractivity contribution is 7.92. The Kier molecular flexibility index (Phi) is 6.62. The summed E-state index contributed by atoms with van der Waals surface area (Å²) >= 11 is 6.23. The fourth-order valence-electron chi connectivity index (χ4n) is 3.30. The number of amides is 1. The third kappa shape index (κ3) is 4.99. The molecule has 0 aliphatic carbocycles. The molecule has 33 heavy (non-hydrogen) atoms. The lowest BCUT2D eigenvalue weighted by atomic mass is 10.2. The summed E-state index contributed by atoms with van der Waals surface area (Å²) in [7, 11) is -2.61. The molecule has 0 saturated heterocycles. The molecule has 0 spiro atoms. The van der Waals surface area contributed by atoms with Gasteiger partial charge in [-0.3, -0.25) is 9.10 Å². The van der Waals surface area contributed by atoms with Gasteiger partial charge in [-0.05, 0) is 42.5 Å². The highest BCUT2D eigenvalue weighted by Gasteiger charge is 2.28. The number of hydrogen-bond donors (Lipinski definition) is 1. The van der Waals surface area contributed by atoms with Gasteiger partial charge in [0.05, 0.1) is 22.7 Å². The van der Waals surface area contributed by atoms with Gasteiger partial charge in [0.15, 0.2) is 11.5 Å². The normalized spacial score (nSPS) is 12.7. The summed E-state index contributed by atoms with van der Waals surface area (Å²) in [6.07, 6.45) is 0. The Labute approximate surface area is 196 Å². The second-order valence-corrected chi connectivity index (χ2v) is 9.32. The van der Waals surface area contributed by atoms with Gasteiger partial charge in [-0.2, -0.15) is 0 Å². The lowest BCUT2D eigenvalue weighted by molar-refractivity contribution is -0.114. The molecule has 8 nitrogen and oxygen atoms in total. The molecule has 0 aromatic heterocycles. The maximum atomic E-state index is 13.4. The fraction of sp³-hybridized carbons (Fsp3) is 0.174. The number of rotatable bonds is 7. The zero-order valence-corrected chi connectivity index (χ0v) is 19.2. The van der Waals surface area contributed by atoms with E-state index in [9.17, 15) is 13.2 Å². The quantitative estimate of drug-likeness (QED) is 0.541. The van der Waals surface area contributed by atoms with Crippen molar-refractivity contribution in [2.45, 2.75) is 4.90 Å². The van der Waals surface area contributed by atoms with E-state index in [4.69, 9.17) is 25.8 Å². The van der Waals surface area contributed by atoms with Crippen LogP contribution in [0.2, 0.25) is 5.02 Å². The predicted octanol–water partition coefficient (Wildman–Crippen LogP) is 3.95. The van der Waals surface area contributed by atoms with E-state index in [0.717, 1.165) is 4.31 Å². The summed E-state index contributed by atoms with van der Waals surface area (Å²) in [5, 5.41) is 2.93. The molecule has 172 valence electrons. The second-order valence-electron chi connectivity index (χ2n) is 7.05. The Morgan fingerprint density at radius 2 is 1.76 bits per heavy atom. The number of carbonyl (C=O) groups excluding carboxylic acids is 1. The van der Waals surface area contributed by atoms with Crippen LogP contribution in [-0.4, -0.2) is 41.2 Å². The Bertz CT molecular complexity index is 1270. The minimum atomic E-state index is -4.06. The molecule has 1 amide bonds. The van der Waals surface area contributed by atoms with Gasteiger partial charge in [-0.15, -0.1) is 0 Å². The first-order valence-electron chi connectivity index (χ1n) is 9.99. The fourth-order valence-corrected chi connectivity index (χ4v) is 4.98. The topological polar surface area (TPSA) is 94.2 Å². The average molecular weight is 489 g/mol. The number of hydrogen-bond acceptors (Lipinski definition) is 6. The summed E-state index contributed by atoms with van der Waals surface area (Å²) in [5.74, 6) is 0.937. The van der Waals surface area contributed by atoms with Gasteiger partial charge in [0, 0.05) is 11.8 Å². The van der Waals surface area contributed by atoms with Crippen LogP contribution < -0.4 is 23.8 Å². The van der Waals surface area contributed by atoms with E-state index in [-0.39, 0.29) is 15.6 Å². The first-order chi connectivity index (χ1) is 15.9. The van der Waals surface area contributed by atoms with E-state index >= 15 is 0 Å². The van der Waals surface area contributed by atoms with Crippen LogP contribution in [-0.2, 0) is 14.8 Å². The van der Waals surface area contributed by atoms with Gasteiger partial charge in [0.1, 0.15) is 25.5 Å². The minimum absolute atomic E-state index is 0.0454. The molecular weight excluding hydrogens is 468 g/mol. The Morgan fingerprint density at radius 3 is 2.45 bits per heavy atom. The first kappa shape index (κ1) is 22.8. The molecule has 1 heterocycles. The molecule has 0 radical (unpaired) electrons. The van der Waals surface area contributed by atoms with Crippen LogP contribution in [0.4, 0.5) is 11.4 Å². The third-order valence-corrected chi connectivity index (χ3v) is 6.95. The predicted molar refractivity (Wildman–Crippen MR) is 125 cm³/mol.